The van der Waals surface area contributed by atoms with E-state index in [1.54, 1.807) is 38.3 Å². The zero-order chi connectivity index (χ0) is 42.8. The molecule has 0 aliphatic carbocycles. The zero-order valence-electron chi connectivity index (χ0n) is 35.2. The number of ether oxygens (including phenoxy) is 1. The van der Waals surface area contributed by atoms with E-state index >= 15 is 0 Å². The number of rotatable bonds is 17. The number of nitrogens with one attached hydrogen (secondary N) is 4. The van der Waals surface area contributed by atoms with Gasteiger partial charge in [-0.05, 0) is 87.5 Å². The van der Waals surface area contributed by atoms with E-state index in [0.717, 1.165) is 21.9 Å². The summed E-state index contributed by atoms with van der Waals surface area (Å²) in [6.45, 7) is 12.6. The number of benzene rings is 3. The lowest BCUT2D eigenvalue weighted by molar-refractivity contribution is -0.137. The van der Waals surface area contributed by atoms with Gasteiger partial charge in [0.25, 0.3) is 0 Å². The van der Waals surface area contributed by atoms with Crippen LogP contribution < -0.4 is 31.7 Å². The van der Waals surface area contributed by atoms with Crippen LogP contribution in [0.1, 0.15) is 85.3 Å². The van der Waals surface area contributed by atoms with Crippen molar-refractivity contribution >= 4 is 57.7 Å². The normalized spacial score (nSPS) is 19.6. The number of Topliss-reactive ketones (excluding diaryl/α,β-unsaturated/α-hetero) is 2. The molecule has 13 heteroatoms. The average Bonchev–Trinajstić information content (AvgIpc) is 3.17. The fraction of sp³-hybridized carbons (Fsp3) is 0.511. The fourth-order valence-electron chi connectivity index (χ4n) is 7.31. The average molecular weight is 816 g/mol. The van der Waals surface area contributed by atoms with Gasteiger partial charge in [-0.3, -0.25) is 28.8 Å². The van der Waals surface area contributed by atoms with Crippen LogP contribution in [0.2, 0.25) is 0 Å². The Labute approximate surface area is 346 Å². The molecule has 6 N–H and O–H groups in total. The van der Waals surface area contributed by atoms with Gasteiger partial charge in [0.1, 0.15) is 17.8 Å². The van der Waals surface area contributed by atoms with Crippen LogP contribution >= 0.6 is 11.8 Å². The minimum absolute atomic E-state index is 0.0614. The molecule has 0 spiro atoms. The van der Waals surface area contributed by atoms with E-state index in [4.69, 9.17) is 10.5 Å². The highest BCUT2D eigenvalue weighted by atomic mass is 32.2. The summed E-state index contributed by atoms with van der Waals surface area (Å²) in [4.78, 5) is 82.3. The number of hydrogen-bond acceptors (Lipinski definition) is 9. The second-order valence-electron chi connectivity index (χ2n) is 16.9. The van der Waals surface area contributed by atoms with Crippen molar-refractivity contribution in [3.63, 3.8) is 0 Å². The molecule has 4 amide bonds. The number of unbranched alkanes of at least 4 members (excludes halogenated alkanes) is 1. The molecule has 1 fully saturated rings. The first-order chi connectivity index (χ1) is 27.3. The van der Waals surface area contributed by atoms with Gasteiger partial charge in [-0.25, -0.2) is 0 Å². The van der Waals surface area contributed by atoms with Gasteiger partial charge in [0.15, 0.2) is 11.6 Å². The third-order valence-electron chi connectivity index (χ3n) is 11.3. The number of thioether (sulfide) groups is 1. The van der Waals surface area contributed by atoms with Crippen LogP contribution in [-0.2, 0) is 41.6 Å². The lowest BCUT2D eigenvalue weighted by Gasteiger charge is -2.42. The van der Waals surface area contributed by atoms with Crippen LogP contribution in [0.3, 0.4) is 0 Å². The van der Waals surface area contributed by atoms with Crippen LogP contribution in [-0.4, -0.2) is 83.0 Å². The molecule has 1 heterocycles. The Kier molecular flexibility index (Phi) is 15.7. The van der Waals surface area contributed by atoms with Crippen molar-refractivity contribution in [2.45, 2.75) is 115 Å². The number of carbonyl (C=O) groups is 6. The molecule has 0 unspecified atom stereocenters. The van der Waals surface area contributed by atoms with Crippen molar-refractivity contribution in [2.75, 3.05) is 19.4 Å². The summed E-state index contributed by atoms with van der Waals surface area (Å²) in [7, 11) is 1.55. The van der Waals surface area contributed by atoms with E-state index in [9.17, 15) is 28.8 Å². The van der Waals surface area contributed by atoms with Crippen LogP contribution in [0, 0.1) is 11.3 Å². The maximum Gasteiger partial charge on any atom is 0.243 e. The molecule has 5 atom stereocenters. The maximum atomic E-state index is 14.6. The van der Waals surface area contributed by atoms with E-state index in [2.05, 4.69) is 21.3 Å². The van der Waals surface area contributed by atoms with Crippen molar-refractivity contribution in [3.8, 4) is 5.75 Å². The number of carbonyl (C=O) groups excluding carboxylic acids is 6. The highest BCUT2D eigenvalue weighted by Gasteiger charge is 2.47. The van der Waals surface area contributed by atoms with Gasteiger partial charge < -0.3 is 31.7 Å². The van der Waals surface area contributed by atoms with Crippen molar-refractivity contribution in [1.29, 1.82) is 0 Å². The van der Waals surface area contributed by atoms with Crippen LogP contribution in [0.5, 0.6) is 5.75 Å². The Morgan fingerprint density at radius 1 is 0.862 bits per heavy atom. The molecule has 314 valence electrons. The van der Waals surface area contributed by atoms with E-state index in [1.807, 2.05) is 70.2 Å². The summed E-state index contributed by atoms with van der Waals surface area (Å²) in [5, 5.41) is 13.6. The molecule has 3 aromatic rings. The number of methoxy groups -OCH3 is 1. The number of ketones is 2. The van der Waals surface area contributed by atoms with Crippen molar-refractivity contribution in [2.24, 2.45) is 17.1 Å². The molecular formula is C45H61N5O7S. The Bertz CT molecular complexity index is 1970. The molecular weight excluding hydrogens is 755 g/mol. The van der Waals surface area contributed by atoms with Crippen LogP contribution in [0.15, 0.2) is 66.7 Å². The van der Waals surface area contributed by atoms with E-state index in [1.165, 1.54) is 25.6 Å². The first-order valence-electron chi connectivity index (χ1n) is 20.0. The summed E-state index contributed by atoms with van der Waals surface area (Å²) in [5.41, 5.74) is 5.45. The minimum Gasteiger partial charge on any atom is -0.497 e. The standard InChI is InChI=1S/C45H61N5O7S/c1-28(51)45(7,21-11-12-22-46)50-42(56)37(25-31-15-18-32-13-9-10-14-33(32)23-31)49-41(55)36(24-30-16-19-34(57-8)20-17-30)48-40(54)35-26-38(53)39(47-29(2)52)43(3,4)27-58-44(35,5)6/h9-10,13-20,23,35-37,39H,11-12,21-22,24-27,46H2,1-8H3,(H,47,52)(H,48,54)(H,49,55)(H,50,56)/t35-,36+,37+,39-,45+/m1/s1. The van der Waals surface area contributed by atoms with Crippen molar-refractivity contribution in [1.82, 2.24) is 21.3 Å². The van der Waals surface area contributed by atoms with Crippen LogP contribution in [0.25, 0.3) is 10.8 Å². The monoisotopic (exact) mass is 815 g/mol. The molecule has 1 saturated heterocycles. The SMILES string of the molecule is COc1ccc(C[C@H](NC(=O)[C@H]2CC(=O)[C@@H](NC(C)=O)C(C)(C)CSC2(C)C)C(=O)N[C@@H](Cc2ccc3ccccc3c2)C(=O)N[C@@](C)(CCCCN)C(C)=O)cc1. The molecule has 58 heavy (non-hydrogen) atoms. The number of nitrogens with two attached hydrogens (primary N) is 1. The predicted molar refractivity (Wildman–Crippen MR) is 229 cm³/mol. The van der Waals surface area contributed by atoms with Crippen molar-refractivity contribution in [3.05, 3.63) is 77.9 Å². The van der Waals surface area contributed by atoms with Crippen molar-refractivity contribution < 1.29 is 33.5 Å². The predicted octanol–water partition coefficient (Wildman–Crippen LogP) is 4.83. The second-order valence-corrected chi connectivity index (χ2v) is 18.6. The second kappa shape index (κ2) is 19.8. The van der Waals surface area contributed by atoms with Gasteiger partial charge in [0, 0.05) is 42.1 Å². The lowest BCUT2D eigenvalue weighted by atomic mass is 9.78. The first-order valence-corrected chi connectivity index (χ1v) is 21.0. The molecule has 3 aromatic carbocycles. The molecule has 1 aliphatic rings. The molecule has 0 aromatic heterocycles. The molecule has 0 saturated carbocycles. The largest absolute Gasteiger partial charge is 0.497 e. The van der Waals surface area contributed by atoms with E-state index < -0.39 is 57.5 Å². The molecule has 4 rings (SSSR count). The van der Waals surface area contributed by atoms with Gasteiger partial charge in [0.2, 0.25) is 23.6 Å². The van der Waals surface area contributed by atoms with Crippen LogP contribution in [0.4, 0.5) is 0 Å². The van der Waals surface area contributed by atoms with Gasteiger partial charge in [-0.2, -0.15) is 11.8 Å². The quantitative estimate of drug-likeness (QED) is 0.119. The smallest absolute Gasteiger partial charge is 0.243 e. The number of amides is 4. The summed E-state index contributed by atoms with van der Waals surface area (Å²) in [6, 6.07) is 17.6. The highest BCUT2D eigenvalue weighted by Crippen LogP contribution is 2.43. The summed E-state index contributed by atoms with van der Waals surface area (Å²) in [6.07, 6.45) is 1.67. The Morgan fingerprint density at radius 3 is 2.10 bits per heavy atom. The maximum absolute atomic E-state index is 14.6. The molecule has 12 nitrogen and oxygen atoms in total. The summed E-state index contributed by atoms with van der Waals surface area (Å²) < 4.78 is 4.61. The third-order valence-corrected chi connectivity index (χ3v) is 13.2. The number of fused-ring (bicyclic) bond motifs is 1. The molecule has 1 aliphatic heterocycles. The topological polar surface area (TPSA) is 186 Å². The first kappa shape index (κ1) is 45.9. The highest BCUT2D eigenvalue weighted by molar-refractivity contribution is 8.00. The summed E-state index contributed by atoms with van der Waals surface area (Å²) >= 11 is 1.54. The lowest BCUT2D eigenvalue weighted by Crippen LogP contribution is -2.60. The summed E-state index contributed by atoms with van der Waals surface area (Å²) in [5.74, 6) is -2.24. The van der Waals surface area contributed by atoms with E-state index in [0.29, 0.717) is 37.3 Å². The van der Waals surface area contributed by atoms with Gasteiger partial charge >= 0.3 is 0 Å². The molecule has 0 bridgehead atoms. The Balaban J connectivity index is 1.70. The fourth-order valence-corrected chi connectivity index (χ4v) is 8.62. The third kappa shape index (κ3) is 12.1. The molecule has 0 radical (unpaired) electrons. The van der Waals surface area contributed by atoms with Gasteiger partial charge in [-0.15, -0.1) is 0 Å². The van der Waals surface area contributed by atoms with Gasteiger partial charge in [0.05, 0.1) is 24.6 Å². The number of hydrogen-bond donors (Lipinski definition) is 5. The zero-order valence-corrected chi connectivity index (χ0v) is 36.0. The Hall–Kier alpha value is -4.75. The van der Waals surface area contributed by atoms with Gasteiger partial charge in [-0.1, -0.05) is 68.4 Å². The minimum atomic E-state index is -1.20. The Morgan fingerprint density at radius 2 is 1.48 bits per heavy atom. The van der Waals surface area contributed by atoms with E-state index in [-0.39, 0.29) is 36.7 Å².